The number of sulfonamides is 1. The number of guanidine groups is 1. The molecule has 0 aromatic heterocycles. The van der Waals surface area contributed by atoms with Crippen molar-refractivity contribution >= 4 is 45.6 Å². The zero-order chi connectivity index (χ0) is 19.4. The van der Waals surface area contributed by atoms with Gasteiger partial charge < -0.3 is 10.6 Å². The Balaban J connectivity index is 0.00000676. The van der Waals surface area contributed by atoms with E-state index in [0.29, 0.717) is 18.2 Å². The lowest BCUT2D eigenvalue weighted by atomic mass is 9.99. The van der Waals surface area contributed by atoms with E-state index in [1.165, 1.54) is 19.3 Å². The minimum absolute atomic E-state index is 0. The van der Waals surface area contributed by atoms with E-state index >= 15 is 0 Å². The second-order valence-corrected chi connectivity index (χ2v) is 8.27. The second kappa shape index (κ2) is 14.0. The Morgan fingerprint density at radius 2 is 1.85 bits per heavy atom. The summed E-state index contributed by atoms with van der Waals surface area (Å²) in [6.45, 7) is 8.55. The summed E-state index contributed by atoms with van der Waals surface area (Å²) >= 11 is 0. The number of hydrogen-bond donors (Lipinski definition) is 3. The van der Waals surface area contributed by atoms with Crippen molar-refractivity contribution in [1.82, 2.24) is 10.6 Å². The molecule has 0 radical (unpaired) electrons. The van der Waals surface area contributed by atoms with Crippen LogP contribution in [0.4, 0.5) is 5.69 Å². The fourth-order valence-corrected chi connectivity index (χ4v) is 3.25. The number of nitrogens with zero attached hydrogens (tertiary/aromatic N) is 1. The Hall–Kier alpha value is -1.03. The molecule has 0 heterocycles. The van der Waals surface area contributed by atoms with Gasteiger partial charge in [-0.25, -0.2) is 13.4 Å². The topological polar surface area (TPSA) is 82.6 Å². The van der Waals surface area contributed by atoms with E-state index in [1.807, 2.05) is 25.1 Å². The third kappa shape index (κ3) is 11.4. The number of rotatable bonds is 11. The second-order valence-electron chi connectivity index (χ2n) is 6.52. The zero-order valence-corrected chi connectivity index (χ0v) is 20.1. The number of anilines is 1. The molecule has 0 aliphatic heterocycles. The van der Waals surface area contributed by atoms with Gasteiger partial charge in [0.05, 0.1) is 18.5 Å². The SMILES string of the molecule is CCCCC(CC)CNC(=NCc1ccccc1NS(C)(=O)=O)NCC.I. The molecule has 6 nitrogen and oxygen atoms in total. The molecule has 1 atom stereocenters. The number of hydrogen-bond acceptors (Lipinski definition) is 3. The van der Waals surface area contributed by atoms with Gasteiger partial charge in [0.2, 0.25) is 10.0 Å². The van der Waals surface area contributed by atoms with Gasteiger partial charge in [-0.2, -0.15) is 0 Å². The average molecular weight is 510 g/mol. The maximum atomic E-state index is 11.5. The predicted molar refractivity (Wildman–Crippen MR) is 126 cm³/mol. The van der Waals surface area contributed by atoms with E-state index < -0.39 is 10.0 Å². The summed E-state index contributed by atoms with van der Waals surface area (Å²) in [6.07, 6.45) is 5.99. The molecule has 8 heteroatoms. The van der Waals surface area contributed by atoms with Crippen molar-refractivity contribution in [3.05, 3.63) is 29.8 Å². The number of nitrogens with one attached hydrogen (secondary N) is 3. The summed E-state index contributed by atoms with van der Waals surface area (Å²) in [5.41, 5.74) is 1.41. The third-order valence-electron chi connectivity index (χ3n) is 4.17. The highest BCUT2D eigenvalue weighted by Crippen LogP contribution is 2.17. The molecule has 0 fully saturated rings. The molecule has 156 valence electrons. The molecule has 0 saturated heterocycles. The van der Waals surface area contributed by atoms with Crippen LogP contribution in [-0.2, 0) is 16.6 Å². The smallest absolute Gasteiger partial charge is 0.229 e. The summed E-state index contributed by atoms with van der Waals surface area (Å²) in [5, 5.41) is 6.68. The van der Waals surface area contributed by atoms with Gasteiger partial charge in [-0.3, -0.25) is 4.72 Å². The van der Waals surface area contributed by atoms with Crippen LogP contribution >= 0.6 is 24.0 Å². The molecular weight excluding hydrogens is 475 g/mol. The van der Waals surface area contributed by atoms with Crippen LogP contribution in [0.2, 0.25) is 0 Å². The number of unbranched alkanes of at least 4 members (excludes halogenated alkanes) is 1. The Morgan fingerprint density at radius 3 is 2.44 bits per heavy atom. The van der Waals surface area contributed by atoms with Crippen LogP contribution < -0.4 is 15.4 Å². The first-order chi connectivity index (χ1) is 12.4. The van der Waals surface area contributed by atoms with Crippen molar-refractivity contribution in [3.63, 3.8) is 0 Å². The number of aliphatic imine (C=N–C) groups is 1. The third-order valence-corrected chi connectivity index (χ3v) is 4.76. The summed E-state index contributed by atoms with van der Waals surface area (Å²) < 4.78 is 25.6. The highest BCUT2D eigenvalue weighted by Gasteiger charge is 2.09. The predicted octanol–water partition coefficient (Wildman–Crippen LogP) is 3.95. The molecule has 1 rings (SSSR count). The van der Waals surface area contributed by atoms with Crippen LogP contribution in [0.25, 0.3) is 0 Å². The van der Waals surface area contributed by atoms with Gasteiger partial charge in [-0.1, -0.05) is 51.3 Å². The van der Waals surface area contributed by atoms with Crippen LogP contribution in [0.15, 0.2) is 29.3 Å². The number of benzene rings is 1. The van der Waals surface area contributed by atoms with E-state index in [0.717, 1.165) is 37.3 Å². The Bertz CT molecular complexity index is 665. The molecule has 1 unspecified atom stereocenters. The highest BCUT2D eigenvalue weighted by atomic mass is 127. The van der Waals surface area contributed by atoms with Crippen molar-refractivity contribution < 1.29 is 8.42 Å². The molecule has 1 aromatic carbocycles. The van der Waals surface area contributed by atoms with Crippen molar-refractivity contribution in [3.8, 4) is 0 Å². The maximum absolute atomic E-state index is 11.5. The lowest BCUT2D eigenvalue weighted by Crippen LogP contribution is -2.39. The molecule has 0 spiro atoms. The molecule has 1 aromatic rings. The van der Waals surface area contributed by atoms with Crippen LogP contribution in [0, 0.1) is 5.92 Å². The average Bonchev–Trinajstić information content (AvgIpc) is 2.59. The molecular formula is C19H35IN4O2S. The quantitative estimate of drug-likeness (QED) is 0.239. The Morgan fingerprint density at radius 1 is 1.15 bits per heavy atom. The van der Waals surface area contributed by atoms with Gasteiger partial charge in [0, 0.05) is 13.1 Å². The van der Waals surface area contributed by atoms with Gasteiger partial charge in [0.25, 0.3) is 0 Å². The van der Waals surface area contributed by atoms with E-state index in [9.17, 15) is 8.42 Å². The van der Waals surface area contributed by atoms with Gasteiger partial charge in [-0.15, -0.1) is 24.0 Å². The normalized spacial score (nSPS) is 12.8. The van der Waals surface area contributed by atoms with Gasteiger partial charge in [0.15, 0.2) is 5.96 Å². The van der Waals surface area contributed by atoms with Crippen molar-refractivity contribution in [2.45, 2.75) is 53.0 Å². The minimum Gasteiger partial charge on any atom is -0.357 e. The molecule has 0 saturated carbocycles. The lowest BCUT2D eigenvalue weighted by molar-refractivity contribution is 0.443. The molecule has 0 bridgehead atoms. The Kier molecular flexibility index (Phi) is 13.5. The van der Waals surface area contributed by atoms with Gasteiger partial charge >= 0.3 is 0 Å². The first-order valence-electron chi connectivity index (χ1n) is 9.47. The van der Waals surface area contributed by atoms with Crippen LogP contribution in [0.5, 0.6) is 0 Å². The first-order valence-corrected chi connectivity index (χ1v) is 11.4. The van der Waals surface area contributed by atoms with Crippen LogP contribution in [0.1, 0.15) is 52.0 Å². The molecule has 0 aliphatic rings. The minimum atomic E-state index is -3.31. The summed E-state index contributed by atoms with van der Waals surface area (Å²) in [7, 11) is -3.31. The zero-order valence-electron chi connectivity index (χ0n) is 16.9. The summed E-state index contributed by atoms with van der Waals surface area (Å²) in [4.78, 5) is 4.62. The molecule has 0 aliphatic carbocycles. The van der Waals surface area contributed by atoms with Gasteiger partial charge in [-0.05, 0) is 30.9 Å². The lowest BCUT2D eigenvalue weighted by Gasteiger charge is -2.18. The van der Waals surface area contributed by atoms with Crippen molar-refractivity contribution in [2.24, 2.45) is 10.9 Å². The highest BCUT2D eigenvalue weighted by molar-refractivity contribution is 14.0. The van der Waals surface area contributed by atoms with Crippen molar-refractivity contribution in [1.29, 1.82) is 0 Å². The fourth-order valence-electron chi connectivity index (χ4n) is 2.65. The number of halogens is 1. The fraction of sp³-hybridized carbons (Fsp3) is 0.632. The van der Waals surface area contributed by atoms with Crippen LogP contribution in [0.3, 0.4) is 0 Å². The standard InChI is InChI=1S/C19H34N4O2S.HI/c1-5-8-11-16(6-2)14-21-19(20-7-3)22-15-17-12-9-10-13-18(17)23-26(4,24)25;/h9-10,12-13,16,23H,5-8,11,14-15H2,1-4H3,(H2,20,21,22);1H. The van der Waals surface area contributed by atoms with Gasteiger partial charge in [0.1, 0.15) is 0 Å². The monoisotopic (exact) mass is 510 g/mol. The molecule has 0 amide bonds. The first kappa shape index (κ1) is 26.0. The van der Waals surface area contributed by atoms with E-state index in [2.05, 4.69) is 34.2 Å². The van der Waals surface area contributed by atoms with E-state index in [4.69, 9.17) is 0 Å². The van der Waals surface area contributed by atoms with E-state index in [-0.39, 0.29) is 24.0 Å². The van der Waals surface area contributed by atoms with E-state index in [1.54, 1.807) is 6.07 Å². The Labute approximate surface area is 182 Å². The molecule has 3 N–H and O–H groups in total. The summed E-state index contributed by atoms with van der Waals surface area (Å²) in [6, 6.07) is 7.33. The van der Waals surface area contributed by atoms with Crippen molar-refractivity contribution in [2.75, 3.05) is 24.1 Å². The summed E-state index contributed by atoms with van der Waals surface area (Å²) in [5.74, 6) is 1.40. The molecule has 27 heavy (non-hydrogen) atoms. The maximum Gasteiger partial charge on any atom is 0.229 e. The number of para-hydroxylation sites is 1. The van der Waals surface area contributed by atoms with Crippen LogP contribution in [-0.4, -0.2) is 33.7 Å². The largest absolute Gasteiger partial charge is 0.357 e.